The van der Waals surface area contributed by atoms with E-state index in [1.165, 1.54) is 12.1 Å². The number of carboxylic acid groups (broad SMARTS) is 2. The highest BCUT2D eigenvalue weighted by atomic mass is 79.9. The van der Waals surface area contributed by atoms with Gasteiger partial charge in [-0.1, -0.05) is 28.1 Å². The van der Waals surface area contributed by atoms with Gasteiger partial charge in [-0.2, -0.15) is 0 Å². The number of hydrogen-bond acceptors (Lipinski definition) is 4. The van der Waals surface area contributed by atoms with E-state index < -0.39 is 41.0 Å². The number of amides is 2. The molecular weight excluding hydrogens is 346 g/mol. The van der Waals surface area contributed by atoms with Crippen molar-refractivity contribution in [3.63, 3.8) is 0 Å². The van der Waals surface area contributed by atoms with Crippen LogP contribution in [-0.4, -0.2) is 49.7 Å². The highest BCUT2D eigenvalue weighted by molar-refractivity contribution is 9.10. The van der Waals surface area contributed by atoms with Crippen molar-refractivity contribution in [2.24, 2.45) is 0 Å². The van der Waals surface area contributed by atoms with Crippen LogP contribution in [-0.2, 0) is 9.59 Å². The van der Waals surface area contributed by atoms with Crippen LogP contribution in [0.3, 0.4) is 0 Å². The largest absolute Gasteiger partial charge is 0.480 e. The number of alkyl halides is 1. The lowest BCUT2D eigenvalue weighted by Crippen LogP contribution is -2.46. The predicted molar refractivity (Wildman–Crippen MR) is 73.3 cm³/mol. The Kier molecular flexibility index (Phi) is 4.08. The zero-order valence-electron chi connectivity index (χ0n) is 10.5. The topological polar surface area (TPSA) is 112 Å². The fraction of sp³-hybridized carbons (Fsp3) is 0.231. The second-order valence-electron chi connectivity index (χ2n) is 4.42. The molecule has 1 heterocycles. The number of benzene rings is 1. The quantitative estimate of drug-likeness (QED) is 0.601. The van der Waals surface area contributed by atoms with E-state index in [0.29, 0.717) is 4.90 Å². The summed E-state index contributed by atoms with van der Waals surface area (Å²) in [5.41, 5.74) is 0.241. The Labute approximate surface area is 127 Å². The number of fused-ring (bicyclic) bond motifs is 1. The first-order valence-corrected chi connectivity index (χ1v) is 6.82. The van der Waals surface area contributed by atoms with Crippen LogP contribution < -0.4 is 0 Å². The monoisotopic (exact) mass is 355 g/mol. The summed E-state index contributed by atoms with van der Waals surface area (Å²) in [5, 5.41) is 18.1. The lowest BCUT2D eigenvalue weighted by molar-refractivity contribution is -0.142. The van der Waals surface area contributed by atoms with E-state index in [0.717, 1.165) is 0 Å². The maximum Gasteiger partial charge on any atom is 0.327 e. The maximum absolute atomic E-state index is 12.2. The molecule has 21 heavy (non-hydrogen) atoms. The summed E-state index contributed by atoms with van der Waals surface area (Å²) in [6.07, 6.45) is -0.421. The van der Waals surface area contributed by atoms with E-state index in [9.17, 15) is 24.3 Å². The van der Waals surface area contributed by atoms with Crippen LogP contribution in [0.2, 0.25) is 0 Å². The molecule has 0 saturated carbocycles. The second-order valence-corrected chi connectivity index (χ2v) is 5.53. The van der Waals surface area contributed by atoms with E-state index in [4.69, 9.17) is 5.11 Å². The fourth-order valence-electron chi connectivity index (χ4n) is 2.10. The summed E-state index contributed by atoms with van der Waals surface area (Å²) in [5.74, 6) is -4.16. The zero-order valence-corrected chi connectivity index (χ0v) is 12.1. The summed E-state index contributed by atoms with van der Waals surface area (Å²) in [6.45, 7) is 0. The number of carbonyl (C=O) groups is 4. The van der Waals surface area contributed by atoms with Gasteiger partial charge in [-0.05, 0) is 12.1 Å². The Morgan fingerprint density at radius 3 is 1.90 bits per heavy atom. The molecule has 1 aromatic rings. The Bertz CT molecular complexity index is 608. The van der Waals surface area contributed by atoms with Gasteiger partial charge in [-0.25, -0.2) is 4.79 Å². The number of carbonyl (C=O) groups excluding carboxylic acids is 2. The van der Waals surface area contributed by atoms with Crippen molar-refractivity contribution >= 4 is 39.7 Å². The number of imide groups is 1. The number of aliphatic carboxylic acids is 2. The molecule has 0 fully saturated rings. The van der Waals surface area contributed by atoms with Crippen LogP contribution in [0, 0.1) is 0 Å². The molecule has 0 bridgehead atoms. The van der Waals surface area contributed by atoms with E-state index in [1.54, 1.807) is 12.1 Å². The molecule has 0 saturated heterocycles. The summed E-state index contributed by atoms with van der Waals surface area (Å²) in [7, 11) is 0. The molecule has 0 spiro atoms. The lowest BCUT2D eigenvalue weighted by atomic mass is 10.1. The van der Waals surface area contributed by atoms with Gasteiger partial charge in [-0.3, -0.25) is 19.3 Å². The molecule has 1 aliphatic heterocycles. The number of rotatable bonds is 5. The van der Waals surface area contributed by atoms with Crippen LogP contribution in [0.5, 0.6) is 0 Å². The molecule has 2 unspecified atom stereocenters. The Morgan fingerprint density at radius 1 is 1.05 bits per heavy atom. The van der Waals surface area contributed by atoms with Gasteiger partial charge in [0.05, 0.1) is 11.1 Å². The average molecular weight is 356 g/mol. The van der Waals surface area contributed by atoms with E-state index in [-0.39, 0.29) is 11.1 Å². The van der Waals surface area contributed by atoms with Crippen molar-refractivity contribution in [3.8, 4) is 0 Å². The molecule has 2 rings (SSSR count). The van der Waals surface area contributed by atoms with Crippen LogP contribution >= 0.6 is 15.9 Å². The Hall–Kier alpha value is -2.22. The maximum atomic E-state index is 12.2. The summed E-state index contributed by atoms with van der Waals surface area (Å²) < 4.78 is 0. The molecule has 8 heteroatoms. The normalized spacial score (nSPS) is 16.5. The molecule has 7 nitrogen and oxygen atoms in total. The summed E-state index contributed by atoms with van der Waals surface area (Å²) in [4.78, 5) is 45.9. The standard InChI is InChI=1S/C13H10BrNO6/c14-8(12(18)19)5-9(13(20)21)15-10(16)6-3-1-2-4-7(6)11(15)17/h1-4,8-9H,5H2,(H,18,19)(H,20,21). The molecule has 0 aliphatic carbocycles. The molecule has 2 amide bonds. The first kappa shape index (κ1) is 15.2. The average Bonchev–Trinajstić information content (AvgIpc) is 2.68. The fourth-order valence-corrected chi connectivity index (χ4v) is 2.46. The van der Waals surface area contributed by atoms with Crippen molar-refractivity contribution in [1.29, 1.82) is 0 Å². The van der Waals surface area contributed by atoms with Crippen molar-refractivity contribution in [1.82, 2.24) is 4.90 Å². The highest BCUT2D eigenvalue weighted by Crippen LogP contribution is 2.27. The van der Waals surface area contributed by atoms with Gasteiger partial charge in [0.15, 0.2) is 0 Å². The molecule has 1 aromatic carbocycles. The van der Waals surface area contributed by atoms with Gasteiger partial charge in [-0.15, -0.1) is 0 Å². The van der Waals surface area contributed by atoms with Gasteiger partial charge in [0, 0.05) is 6.42 Å². The minimum absolute atomic E-state index is 0.121. The SMILES string of the molecule is O=C(O)C(Br)CC(C(=O)O)N1C(=O)c2ccccc2C1=O. The lowest BCUT2D eigenvalue weighted by Gasteiger charge is -2.23. The van der Waals surface area contributed by atoms with Crippen LogP contribution in [0.25, 0.3) is 0 Å². The predicted octanol–water partition coefficient (Wildman–Crippen LogP) is 0.974. The van der Waals surface area contributed by atoms with Gasteiger partial charge < -0.3 is 10.2 Å². The third kappa shape index (κ3) is 2.66. The Balaban J connectivity index is 2.35. The van der Waals surface area contributed by atoms with Crippen molar-refractivity contribution in [2.45, 2.75) is 17.3 Å². The number of hydrogen-bond donors (Lipinski definition) is 2. The third-order valence-electron chi connectivity index (χ3n) is 3.12. The van der Waals surface area contributed by atoms with E-state index in [1.807, 2.05) is 0 Å². The number of nitrogens with zero attached hydrogens (tertiary/aromatic N) is 1. The van der Waals surface area contributed by atoms with Crippen LogP contribution in [0.1, 0.15) is 27.1 Å². The first-order valence-electron chi connectivity index (χ1n) is 5.91. The first-order chi connectivity index (χ1) is 9.84. The van der Waals surface area contributed by atoms with Gasteiger partial charge in [0.2, 0.25) is 0 Å². The van der Waals surface area contributed by atoms with Gasteiger partial charge >= 0.3 is 11.9 Å². The minimum atomic E-state index is -1.54. The van der Waals surface area contributed by atoms with Crippen molar-refractivity contribution in [2.75, 3.05) is 0 Å². The third-order valence-corrected chi connectivity index (χ3v) is 3.89. The Morgan fingerprint density at radius 2 is 1.52 bits per heavy atom. The van der Waals surface area contributed by atoms with E-state index >= 15 is 0 Å². The molecular formula is C13H10BrNO6. The molecule has 110 valence electrons. The molecule has 2 N–H and O–H groups in total. The number of carboxylic acids is 2. The van der Waals surface area contributed by atoms with Gasteiger partial charge in [0.1, 0.15) is 10.9 Å². The second kappa shape index (κ2) is 5.65. The molecule has 0 aromatic heterocycles. The highest BCUT2D eigenvalue weighted by Gasteiger charge is 2.43. The van der Waals surface area contributed by atoms with Crippen molar-refractivity contribution < 1.29 is 29.4 Å². The molecule has 2 atom stereocenters. The molecule has 0 radical (unpaired) electrons. The minimum Gasteiger partial charge on any atom is -0.480 e. The van der Waals surface area contributed by atoms with Crippen LogP contribution in [0.15, 0.2) is 24.3 Å². The van der Waals surface area contributed by atoms with Gasteiger partial charge in [0.25, 0.3) is 11.8 Å². The molecule has 1 aliphatic rings. The number of halogens is 1. The summed E-state index contributed by atoms with van der Waals surface area (Å²) in [6, 6.07) is 4.44. The zero-order chi connectivity index (χ0) is 15.7. The smallest absolute Gasteiger partial charge is 0.327 e. The van der Waals surface area contributed by atoms with Crippen molar-refractivity contribution in [3.05, 3.63) is 35.4 Å². The van der Waals surface area contributed by atoms with E-state index in [2.05, 4.69) is 15.9 Å². The summed E-state index contributed by atoms with van der Waals surface area (Å²) >= 11 is 2.82. The van der Waals surface area contributed by atoms with Crippen LogP contribution in [0.4, 0.5) is 0 Å².